The zero-order valence-corrected chi connectivity index (χ0v) is 12.0. The van der Waals surface area contributed by atoms with E-state index in [1.165, 1.54) is 0 Å². The Kier molecular flexibility index (Phi) is 8.78. The number of urea groups is 1. The number of carbonyl (C=O) groups is 2. The summed E-state index contributed by atoms with van der Waals surface area (Å²) in [5.41, 5.74) is 0. The summed E-state index contributed by atoms with van der Waals surface area (Å²) >= 11 is 0. The van der Waals surface area contributed by atoms with Gasteiger partial charge in [-0.05, 0) is 31.6 Å². The lowest BCUT2D eigenvalue weighted by Crippen LogP contribution is -2.39. The van der Waals surface area contributed by atoms with Crippen LogP contribution in [0.15, 0.2) is 0 Å². The first-order valence-electron chi connectivity index (χ1n) is 7.49. The Morgan fingerprint density at radius 1 is 1.05 bits per heavy atom. The molecule has 0 aromatic carbocycles. The topological polar surface area (TPSA) is 87.7 Å². The number of ether oxygens (including phenoxy) is 1. The van der Waals surface area contributed by atoms with Crippen molar-refractivity contribution in [3.8, 4) is 0 Å². The highest BCUT2D eigenvalue weighted by Gasteiger charge is 2.14. The maximum atomic E-state index is 11.5. The van der Waals surface area contributed by atoms with Crippen LogP contribution in [0.25, 0.3) is 0 Å². The van der Waals surface area contributed by atoms with Gasteiger partial charge in [-0.25, -0.2) is 4.79 Å². The summed E-state index contributed by atoms with van der Waals surface area (Å²) in [6.45, 7) is 2.95. The van der Waals surface area contributed by atoms with Gasteiger partial charge in [0.2, 0.25) is 0 Å². The molecule has 6 heteroatoms. The molecule has 1 fully saturated rings. The number of hydrogen-bond donors (Lipinski definition) is 3. The summed E-state index contributed by atoms with van der Waals surface area (Å²) in [6.07, 6.45) is 5.73. The molecule has 1 rings (SSSR count). The molecule has 0 atom stereocenters. The number of nitrogens with one attached hydrogen (secondary N) is 2. The molecule has 20 heavy (non-hydrogen) atoms. The SMILES string of the molecule is O=C(O)CCCCCCNC(=O)NCC1CCOCC1. The van der Waals surface area contributed by atoms with E-state index in [0.717, 1.165) is 45.3 Å². The predicted octanol–water partition coefficient (Wildman–Crippen LogP) is 1.75. The fourth-order valence-electron chi connectivity index (χ4n) is 2.21. The number of hydrogen-bond acceptors (Lipinski definition) is 3. The van der Waals surface area contributed by atoms with Crippen LogP contribution in [-0.2, 0) is 9.53 Å². The summed E-state index contributed by atoms with van der Waals surface area (Å²) in [7, 11) is 0. The molecule has 0 aliphatic carbocycles. The van der Waals surface area contributed by atoms with Crippen LogP contribution in [0.2, 0.25) is 0 Å². The molecule has 6 nitrogen and oxygen atoms in total. The summed E-state index contributed by atoms with van der Waals surface area (Å²) in [5, 5.41) is 14.2. The molecule has 0 radical (unpaired) electrons. The minimum absolute atomic E-state index is 0.109. The molecule has 1 aliphatic rings. The van der Waals surface area contributed by atoms with Crippen LogP contribution in [0.3, 0.4) is 0 Å². The van der Waals surface area contributed by atoms with Gasteiger partial charge in [0.25, 0.3) is 0 Å². The summed E-state index contributed by atoms with van der Waals surface area (Å²) in [6, 6.07) is -0.109. The van der Waals surface area contributed by atoms with Crippen molar-refractivity contribution in [1.82, 2.24) is 10.6 Å². The lowest BCUT2D eigenvalue weighted by molar-refractivity contribution is -0.137. The number of rotatable bonds is 9. The maximum absolute atomic E-state index is 11.5. The van der Waals surface area contributed by atoms with Gasteiger partial charge < -0.3 is 20.5 Å². The van der Waals surface area contributed by atoms with Crippen LogP contribution in [-0.4, -0.2) is 43.4 Å². The molecule has 0 aromatic rings. The summed E-state index contributed by atoms with van der Waals surface area (Å²) < 4.78 is 5.27. The molecule has 1 saturated heterocycles. The Morgan fingerprint density at radius 2 is 1.75 bits per heavy atom. The monoisotopic (exact) mass is 286 g/mol. The predicted molar refractivity (Wildman–Crippen MR) is 75.7 cm³/mol. The molecule has 1 heterocycles. The quantitative estimate of drug-likeness (QED) is 0.563. The first-order chi connectivity index (χ1) is 9.68. The second-order valence-electron chi connectivity index (χ2n) is 5.25. The molecule has 3 N–H and O–H groups in total. The van der Waals surface area contributed by atoms with E-state index in [2.05, 4.69) is 10.6 Å². The fraction of sp³-hybridized carbons (Fsp3) is 0.857. The van der Waals surface area contributed by atoms with Crippen molar-refractivity contribution < 1.29 is 19.4 Å². The van der Waals surface area contributed by atoms with Crippen LogP contribution in [0.5, 0.6) is 0 Å². The third-order valence-electron chi connectivity index (χ3n) is 3.50. The third-order valence-corrected chi connectivity index (χ3v) is 3.50. The van der Waals surface area contributed by atoms with E-state index in [4.69, 9.17) is 9.84 Å². The number of amides is 2. The van der Waals surface area contributed by atoms with Crippen LogP contribution >= 0.6 is 0 Å². The molecule has 1 aliphatic heterocycles. The smallest absolute Gasteiger partial charge is 0.314 e. The fourth-order valence-corrected chi connectivity index (χ4v) is 2.21. The van der Waals surface area contributed by atoms with Crippen LogP contribution in [0, 0.1) is 5.92 Å². The average Bonchev–Trinajstić information content (AvgIpc) is 2.45. The molecule has 0 bridgehead atoms. The Hall–Kier alpha value is -1.30. The number of aliphatic carboxylic acids is 1. The third kappa shape index (κ3) is 8.74. The van der Waals surface area contributed by atoms with Gasteiger partial charge >= 0.3 is 12.0 Å². The average molecular weight is 286 g/mol. The second-order valence-corrected chi connectivity index (χ2v) is 5.25. The minimum Gasteiger partial charge on any atom is -0.481 e. The number of unbranched alkanes of at least 4 members (excludes halogenated alkanes) is 3. The van der Waals surface area contributed by atoms with E-state index in [-0.39, 0.29) is 12.5 Å². The minimum atomic E-state index is -0.740. The standard InChI is InChI=1S/C14H26N2O4/c17-13(18)5-3-1-2-4-8-15-14(19)16-11-12-6-9-20-10-7-12/h12H,1-11H2,(H,17,18)(H2,15,16,19). The van der Waals surface area contributed by atoms with Gasteiger partial charge in [0, 0.05) is 32.7 Å². The van der Waals surface area contributed by atoms with Crippen molar-refractivity contribution >= 4 is 12.0 Å². The lowest BCUT2D eigenvalue weighted by atomic mass is 10.0. The highest BCUT2D eigenvalue weighted by Crippen LogP contribution is 2.12. The van der Waals surface area contributed by atoms with Crippen LogP contribution in [0.1, 0.15) is 44.9 Å². The number of carbonyl (C=O) groups excluding carboxylic acids is 1. The zero-order valence-electron chi connectivity index (χ0n) is 12.0. The highest BCUT2D eigenvalue weighted by molar-refractivity contribution is 5.73. The van der Waals surface area contributed by atoms with E-state index in [0.29, 0.717) is 25.4 Å². The summed E-state index contributed by atoms with van der Waals surface area (Å²) in [4.78, 5) is 21.8. The van der Waals surface area contributed by atoms with Crippen molar-refractivity contribution in [2.75, 3.05) is 26.3 Å². The second kappa shape index (κ2) is 10.5. The summed E-state index contributed by atoms with van der Waals surface area (Å²) in [5.74, 6) is -0.207. The molecule has 0 spiro atoms. The molecule has 0 saturated carbocycles. The van der Waals surface area contributed by atoms with Crippen molar-refractivity contribution in [1.29, 1.82) is 0 Å². The van der Waals surface area contributed by atoms with Gasteiger partial charge in [-0.15, -0.1) is 0 Å². The lowest BCUT2D eigenvalue weighted by Gasteiger charge is -2.22. The van der Waals surface area contributed by atoms with Gasteiger partial charge in [0.1, 0.15) is 0 Å². The van der Waals surface area contributed by atoms with E-state index in [9.17, 15) is 9.59 Å². The van der Waals surface area contributed by atoms with Crippen molar-refractivity contribution in [2.45, 2.75) is 44.9 Å². The Labute approximate surface area is 120 Å². The Bertz CT molecular complexity index is 291. The van der Waals surface area contributed by atoms with Crippen LogP contribution in [0.4, 0.5) is 4.79 Å². The highest BCUT2D eigenvalue weighted by atomic mass is 16.5. The zero-order chi connectivity index (χ0) is 14.6. The molecular formula is C14H26N2O4. The largest absolute Gasteiger partial charge is 0.481 e. The van der Waals surface area contributed by atoms with E-state index in [1.807, 2.05) is 0 Å². The molecule has 2 amide bonds. The molecule has 0 unspecified atom stereocenters. The first kappa shape index (κ1) is 16.8. The molecule has 0 aromatic heterocycles. The molecule has 116 valence electrons. The van der Waals surface area contributed by atoms with Gasteiger partial charge in [-0.3, -0.25) is 4.79 Å². The van der Waals surface area contributed by atoms with Gasteiger partial charge in [0.15, 0.2) is 0 Å². The van der Waals surface area contributed by atoms with E-state index < -0.39 is 5.97 Å². The van der Waals surface area contributed by atoms with Crippen molar-refractivity contribution in [2.24, 2.45) is 5.92 Å². The van der Waals surface area contributed by atoms with E-state index in [1.54, 1.807) is 0 Å². The normalized spacial score (nSPS) is 15.8. The van der Waals surface area contributed by atoms with Crippen molar-refractivity contribution in [3.05, 3.63) is 0 Å². The Morgan fingerprint density at radius 3 is 2.45 bits per heavy atom. The van der Waals surface area contributed by atoms with Crippen LogP contribution < -0.4 is 10.6 Å². The number of carboxylic acid groups (broad SMARTS) is 1. The van der Waals surface area contributed by atoms with Gasteiger partial charge in [-0.1, -0.05) is 12.8 Å². The number of carboxylic acids is 1. The van der Waals surface area contributed by atoms with Gasteiger partial charge in [-0.2, -0.15) is 0 Å². The Balaban J connectivity index is 1.88. The molecular weight excluding hydrogens is 260 g/mol. The first-order valence-corrected chi connectivity index (χ1v) is 7.49. The van der Waals surface area contributed by atoms with E-state index >= 15 is 0 Å². The maximum Gasteiger partial charge on any atom is 0.314 e. The van der Waals surface area contributed by atoms with Crippen molar-refractivity contribution in [3.63, 3.8) is 0 Å². The van der Waals surface area contributed by atoms with Gasteiger partial charge in [0.05, 0.1) is 0 Å².